The summed E-state index contributed by atoms with van der Waals surface area (Å²) in [6.45, 7) is 1.17. The molecule has 1 heterocycles. The van der Waals surface area contributed by atoms with Crippen molar-refractivity contribution in [1.82, 2.24) is 10.2 Å². The van der Waals surface area contributed by atoms with Crippen molar-refractivity contribution in [3.63, 3.8) is 0 Å². The molecule has 1 aromatic rings. The highest BCUT2D eigenvalue weighted by Crippen LogP contribution is 2.15. The summed E-state index contributed by atoms with van der Waals surface area (Å²) in [6, 6.07) is 9.07. The summed E-state index contributed by atoms with van der Waals surface area (Å²) in [5, 5.41) is 11.1. The molecule has 6 heteroatoms. The third-order valence-corrected chi connectivity index (χ3v) is 3.95. The molecule has 1 aromatic carbocycles. The summed E-state index contributed by atoms with van der Waals surface area (Å²) in [6.07, 6.45) is -1.15. The first-order valence-electron chi connectivity index (χ1n) is 6.07. The van der Waals surface area contributed by atoms with Crippen molar-refractivity contribution in [3.05, 3.63) is 35.9 Å². The third-order valence-electron chi connectivity index (χ3n) is 2.91. The van der Waals surface area contributed by atoms with Gasteiger partial charge in [0.15, 0.2) is 0 Å². The van der Waals surface area contributed by atoms with Crippen molar-refractivity contribution in [3.8, 4) is 0 Å². The third kappa shape index (κ3) is 3.89. The van der Waals surface area contributed by atoms with E-state index in [1.165, 1.54) is 0 Å². The first-order valence-corrected chi connectivity index (χ1v) is 7.22. The fourth-order valence-electron chi connectivity index (χ4n) is 1.99. The fourth-order valence-corrected chi connectivity index (χ4v) is 2.97. The SMILES string of the molecule is O=C(O)NC1CSCCN(Cc2ccccc2)C1=O. The number of carbonyl (C=O) groups is 2. The standard InChI is InChI=1S/C13H16N2O3S/c16-12-11(14-13(17)18)9-19-7-6-15(12)8-10-4-2-1-3-5-10/h1-5,11,14H,6-9H2,(H,17,18). The minimum Gasteiger partial charge on any atom is -0.465 e. The maximum absolute atomic E-state index is 12.3. The van der Waals surface area contributed by atoms with Gasteiger partial charge < -0.3 is 15.3 Å². The highest BCUT2D eigenvalue weighted by molar-refractivity contribution is 7.99. The number of benzene rings is 1. The van der Waals surface area contributed by atoms with Crippen LogP contribution in [0.5, 0.6) is 0 Å². The van der Waals surface area contributed by atoms with Crippen LogP contribution >= 0.6 is 11.8 Å². The van der Waals surface area contributed by atoms with E-state index < -0.39 is 12.1 Å². The number of nitrogens with one attached hydrogen (secondary N) is 1. The molecule has 2 N–H and O–H groups in total. The van der Waals surface area contributed by atoms with Gasteiger partial charge >= 0.3 is 6.09 Å². The number of hydrogen-bond donors (Lipinski definition) is 2. The largest absolute Gasteiger partial charge is 0.465 e. The van der Waals surface area contributed by atoms with E-state index >= 15 is 0 Å². The number of hydrogen-bond acceptors (Lipinski definition) is 3. The molecule has 0 spiro atoms. The number of nitrogens with zero attached hydrogens (tertiary/aromatic N) is 1. The van der Waals surface area contributed by atoms with Crippen LogP contribution < -0.4 is 5.32 Å². The lowest BCUT2D eigenvalue weighted by atomic mass is 10.2. The van der Waals surface area contributed by atoms with Crippen LogP contribution in [0.25, 0.3) is 0 Å². The van der Waals surface area contributed by atoms with Crippen LogP contribution in [-0.2, 0) is 11.3 Å². The Kier molecular flexibility index (Phi) is 4.68. The second-order valence-electron chi connectivity index (χ2n) is 4.32. The summed E-state index contributed by atoms with van der Waals surface area (Å²) < 4.78 is 0. The summed E-state index contributed by atoms with van der Waals surface area (Å²) in [5.74, 6) is 1.18. The molecule has 19 heavy (non-hydrogen) atoms. The average molecular weight is 280 g/mol. The molecular weight excluding hydrogens is 264 g/mol. The van der Waals surface area contributed by atoms with E-state index in [9.17, 15) is 9.59 Å². The van der Waals surface area contributed by atoms with Crippen molar-refractivity contribution < 1.29 is 14.7 Å². The smallest absolute Gasteiger partial charge is 0.405 e. The minimum absolute atomic E-state index is 0.142. The Hall–Kier alpha value is -1.69. The summed E-state index contributed by atoms with van der Waals surface area (Å²) in [5.41, 5.74) is 1.05. The number of thioether (sulfide) groups is 1. The van der Waals surface area contributed by atoms with Gasteiger partial charge in [-0.25, -0.2) is 4.79 Å². The Morgan fingerprint density at radius 2 is 2.16 bits per heavy atom. The lowest BCUT2D eigenvalue weighted by Gasteiger charge is -2.23. The summed E-state index contributed by atoms with van der Waals surface area (Å²) in [7, 11) is 0. The zero-order chi connectivity index (χ0) is 13.7. The van der Waals surface area contributed by atoms with Gasteiger partial charge in [0.05, 0.1) is 0 Å². The van der Waals surface area contributed by atoms with Gasteiger partial charge in [-0.05, 0) is 5.56 Å². The highest BCUT2D eigenvalue weighted by atomic mass is 32.2. The predicted molar refractivity (Wildman–Crippen MR) is 74.1 cm³/mol. The maximum atomic E-state index is 12.3. The summed E-state index contributed by atoms with van der Waals surface area (Å²) in [4.78, 5) is 24.7. The molecule has 0 radical (unpaired) electrons. The zero-order valence-electron chi connectivity index (χ0n) is 10.4. The minimum atomic E-state index is -1.15. The molecule has 1 aliphatic rings. The molecule has 102 valence electrons. The van der Waals surface area contributed by atoms with Crippen LogP contribution in [0.1, 0.15) is 5.56 Å². The number of carboxylic acid groups (broad SMARTS) is 1. The van der Waals surface area contributed by atoms with E-state index in [-0.39, 0.29) is 5.91 Å². The molecule has 1 unspecified atom stereocenters. The van der Waals surface area contributed by atoms with Gasteiger partial charge in [-0.2, -0.15) is 11.8 Å². The molecule has 0 saturated carbocycles. The van der Waals surface area contributed by atoms with Gasteiger partial charge in [0.2, 0.25) is 5.91 Å². The average Bonchev–Trinajstić information content (AvgIpc) is 2.55. The molecule has 0 aliphatic carbocycles. The Balaban J connectivity index is 2.06. The first kappa shape index (κ1) is 13.7. The Morgan fingerprint density at radius 1 is 1.42 bits per heavy atom. The van der Waals surface area contributed by atoms with E-state index in [1.807, 2.05) is 30.3 Å². The van der Waals surface area contributed by atoms with Crippen molar-refractivity contribution in [1.29, 1.82) is 0 Å². The number of carbonyl (C=O) groups excluding carboxylic acids is 1. The van der Waals surface area contributed by atoms with Gasteiger partial charge in [-0.1, -0.05) is 30.3 Å². The van der Waals surface area contributed by atoms with E-state index in [2.05, 4.69) is 5.32 Å². The van der Waals surface area contributed by atoms with Crippen LogP contribution in [0, 0.1) is 0 Å². The molecule has 5 nitrogen and oxygen atoms in total. The van der Waals surface area contributed by atoms with E-state index in [0.717, 1.165) is 11.3 Å². The lowest BCUT2D eigenvalue weighted by Crippen LogP contribution is -2.48. The topological polar surface area (TPSA) is 69.6 Å². The number of rotatable bonds is 3. The van der Waals surface area contributed by atoms with Crippen LogP contribution in [0.15, 0.2) is 30.3 Å². The van der Waals surface area contributed by atoms with E-state index in [0.29, 0.717) is 18.8 Å². The summed E-state index contributed by atoms with van der Waals surface area (Å²) >= 11 is 1.60. The van der Waals surface area contributed by atoms with Gasteiger partial charge in [-0.3, -0.25) is 4.79 Å². The van der Waals surface area contributed by atoms with Crippen molar-refractivity contribution in [2.75, 3.05) is 18.1 Å². The molecule has 2 rings (SSSR count). The molecular formula is C13H16N2O3S. The van der Waals surface area contributed by atoms with E-state index in [1.54, 1.807) is 16.7 Å². The Bertz CT molecular complexity index is 452. The zero-order valence-corrected chi connectivity index (χ0v) is 11.2. The van der Waals surface area contributed by atoms with Gasteiger partial charge in [-0.15, -0.1) is 0 Å². The predicted octanol–water partition coefficient (Wildman–Crippen LogP) is 1.40. The Labute approximate surface area is 116 Å². The highest BCUT2D eigenvalue weighted by Gasteiger charge is 2.28. The fraction of sp³-hybridized carbons (Fsp3) is 0.385. The number of amides is 2. The lowest BCUT2D eigenvalue weighted by molar-refractivity contribution is -0.132. The second-order valence-corrected chi connectivity index (χ2v) is 5.47. The van der Waals surface area contributed by atoms with Crippen LogP contribution in [-0.4, -0.2) is 46.1 Å². The van der Waals surface area contributed by atoms with Crippen molar-refractivity contribution in [2.24, 2.45) is 0 Å². The quantitative estimate of drug-likeness (QED) is 0.878. The van der Waals surface area contributed by atoms with E-state index in [4.69, 9.17) is 5.11 Å². The molecule has 1 atom stereocenters. The van der Waals surface area contributed by atoms with Crippen LogP contribution in [0.3, 0.4) is 0 Å². The second kappa shape index (κ2) is 6.47. The molecule has 2 amide bonds. The molecule has 1 fully saturated rings. The molecule has 1 aliphatic heterocycles. The van der Waals surface area contributed by atoms with Crippen molar-refractivity contribution >= 4 is 23.8 Å². The maximum Gasteiger partial charge on any atom is 0.405 e. The molecule has 0 bridgehead atoms. The van der Waals surface area contributed by atoms with Crippen LogP contribution in [0.4, 0.5) is 4.79 Å². The Morgan fingerprint density at radius 3 is 2.84 bits per heavy atom. The molecule has 0 aromatic heterocycles. The van der Waals surface area contributed by atoms with Gasteiger partial charge in [0, 0.05) is 24.6 Å². The first-order chi connectivity index (χ1) is 9.16. The molecule has 1 saturated heterocycles. The van der Waals surface area contributed by atoms with Crippen LogP contribution in [0.2, 0.25) is 0 Å². The normalized spacial score (nSPS) is 19.9. The van der Waals surface area contributed by atoms with Gasteiger partial charge in [0.1, 0.15) is 6.04 Å². The monoisotopic (exact) mass is 280 g/mol. The van der Waals surface area contributed by atoms with Crippen molar-refractivity contribution in [2.45, 2.75) is 12.6 Å². The van der Waals surface area contributed by atoms with Gasteiger partial charge in [0.25, 0.3) is 0 Å².